The average Bonchev–Trinajstić information content (AvgIpc) is 2.14. The zero-order valence-corrected chi connectivity index (χ0v) is 8.54. The van der Waals surface area contributed by atoms with Crippen molar-refractivity contribution in [2.75, 3.05) is 20.5 Å². The Kier molecular flexibility index (Phi) is 7.63. The summed E-state index contributed by atoms with van der Waals surface area (Å²) in [5, 5.41) is 0. The van der Waals surface area contributed by atoms with Crippen molar-refractivity contribution < 1.29 is 19.0 Å². The molecule has 0 aliphatic rings. The van der Waals surface area contributed by atoms with E-state index in [4.69, 9.17) is 9.47 Å². The Hall–Kier alpha value is -0.610. The molecule has 0 aliphatic heterocycles. The van der Waals surface area contributed by atoms with E-state index in [1.54, 1.807) is 6.92 Å². The Morgan fingerprint density at radius 1 is 1.46 bits per heavy atom. The van der Waals surface area contributed by atoms with E-state index >= 15 is 0 Å². The number of unbranched alkanes of at least 4 members (excludes halogenated alkanes) is 1. The lowest BCUT2D eigenvalue weighted by Gasteiger charge is -2.11. The standard InChI is InChI=1S/C9H18O4/c1-4-5-6-12-9(10)8(2)13-7-11-3/h8H,4-7H2,1-3H3. The van der Waals surface area contributed by atoms with Crippen LogP contribution in [-0.4, -0.2) is 32.6 Å². The predicted octanol–water partition coefficient (Wildman–Crippen LogP) is 1.34. The number of carbonyl (C=O) groups is 1. The molecule has 0 radical (unpaired) electrons. The highest BCUT2D eigenvalue weighted by molar-refractivity contribution is 5.74. The van der Waals surface area contributed by atoms with Crippen molar-refractivity contribution in [2.45, 2.75) is 32.8 Å². The van der Waals surface area contributed by atoms with Crippen LogP contribution in [0.4, 0.5) is 0 Å². The summed E-state index contributed by atoms with van der Waals surface area (Å²) in [4.78, 5) is 11.1. The quantitative estimate of drug-likeness (QED) is 0.345. The summed E-state index contributed by atoms with van der Waals surface area (Å²) in [5.74, 6) is -0.328. The third kappa shape index (κ3) is 6.54. The third-order valence-electron chi connectivity index (χ3n) is 1.51. The second-order valence-electron chi connectivity index (χ2n) is 2.74. The van der Waals surface area contributed by atoms with Crippen molar-refractivity contribution in [3.8, 4) is 0 Å². The molecule has 0 heterocycles. The van der Waals surface area contributed by atoms with E-state index in [0.29, 0.717) is 6.61 Å². The fourth-order valence-electron chi connectivity index (χ4n) is 0.673. The minimum Gasteiger partial charge on any atom is -0.464 e. The smallest absolute Gasteiger partial charge is 0.335 e. The first-order valence-electron chi connectivity index (χ1n) is 4.49. The van der Waals surface area contributed by atoms with Crippen LogP contribution in [0.5, 0.6) is 0 Å². The molecule has 1 unspecified atom stereocenters. The fraction of sp³-hybridized carbons (Fsp3) is 0.889. The summed E-state index contributed by atoms with van der Waals surface area (Å²) in [6, 6.07) is 0. The number of rotatable bonds is 7. The summed E-state index contributed by atoms with van der Waals surface area (Å²) in [6.45, 7) is 4.27. The van der Waals surface area contributed by atoms with E-state index in [0.717, 1.165) is 12.8 Å². The van der Waals surface area contributed by atoms with Crippen LogP contribution in [0.1, 0.15) is 26.7 Å². The van der Waals surface area contributed by atoms with Crippen LogP contribution in [0.25, 0.3) is 0 Å². The normalized spacial score (nSPS) is 12.5. The van der Waals surface area contributed by atoms with Gasteiger partial charge in [0, 0.05) is 7.11 Å². The number of hydrogen-bond acceptors (Lipinski definition) is 4. The molecule has 13 heavy (non-hydrogen) atoms. The number of carbonyl (C=O) groups excluding carboxylic acids is 1. The van der Waals surface area contributed by atoms with Gasteiger partial charge in [0.2, 0.25) is 0 Å². The molecule has 0 rings (SSSR count). The highest BCUT2D eigenvalue weighted by Gasteiger charge is 2.13. The van der Waals surface area contributed by atoms with Crippen molar-refractivity contribution in [2.24, 2.45) is 0 Å². The molecule has 4 nitrogen and oxygen atoms in total. The van der Waals surface area contributed by atoms with Crippen molar-refractivity contribution in [1.82, 2.24) is 0 Å². The van der Waals surface area contributed by atoms with Crippen molar-refractivity contribution in [1.29, 1.82) is 0 Å². The fourth-order valence-corrected chi connectivity index (χ4v) is 0.673. The van der Waals surface area contributed by atoms with Crippen LogP contribution in [0.2, 0.25) is 0 Å². The topological polar surface area (TPSA) is 44.8 Å². The van der Waals surface area contributed by atoms with Gasteiger partial charge < -0.3 is 14.2 Å². The van der Waals surface area contributed by atoms with Gasteiger partial charge in [-0.3, -0.25) is 0 Å². The molecular formula is C9H18O4. The Morgan fingerprint density at radius 3 is 2.69 bits per heavy atom. The van der Waals surface area contributed by atoms with Crippen LogP contribution in [-0.2, 0) is 19.0 Å². The second-order valence-corrected chi connectivity index (χ2v) is 2.74. The van der Waals surface area contributed by atoms with Crippen LogP contribution in [0, 0.1) is 0 Å². The molecule has 0 spiro atoms. The molecule has 0 fully saturated rings. The summed E-state index contributed by atoms with van der Waals surface area (Å²) in [5.41, 5.74) is 0. The van der Waals surface area contributed by atoms with Crippen LogP contribution in [0.3, 0.4) is 0 Å². The Morgan fingerprint density at radius 2 is 2.15 bits per heavy atom. The van der Waals surface area contributed by atoms with Gasteiger partial charge in [0.1, 0.15) is 6.79 Å². The van der Waals surface area contributed by atoms with E-state index < -0.39 is 6.10 Å². The second kappa shape index (κ2) is 8.01. The van der Waals surface area contributed by atoms with Gasteiger partial charge in [-0.2, -0.15) is 0 Å². The number of ether oxygens (including phenoxy) is 3. The van der Waals surface area contributed by atoms with Gasteiger partial charge in [-0.1, -0.05) is 13.3 Å². The zero-order valence-electron chi connectivity index (χ0n) is 8.54. The third-order valence-corrected chi connectivity index (χ3v) is 1.51. The minimum atomic E-state index is -0.545. The number of hydrogen-bond donors (Lipinski definition) is 0. The number of esters is 1. The molecule has 0 aromatic carbocycles. The van der Waals surface area contributed by atoms with Crippen LogP contribution in [0.15, 0.2) is 0 Å². The van der Waals surface area contributed by atoms with Gasteiger partial charge in [0.15, 0.2) is 6.10 Å². The van der Waals surface area contributed by atoms with Gasteiger partial charge in [-0.15, -0.1) is 0 Å². The Bertz CT molecular complexity index is 136. The van der Waals surface area contributed by atoms with E-state index in [1.165, 1.54) is 7.11 Å². The Balaban J connectivity index is 3.45. The first-order chi connectivity index (χ1) is 6.22. The average molecular weight is 190 g/mol. The maximum atomic E-state index is 11.1. The van der Waals surface area contributed by atoms with Gasteiger partial charge >= 0.3 is 5.97 Å². The lowest BCUT2D eigenvalue weighted by atomic mass is 10.3. The molecule has 0 saturated carbocycles. The van der Waals surface area contributed by atoms with Crippen LogP contribution < -0.4 is 0 Å². The lowest BCUT2D eigenvalue weighted by molar-refractivity contribution is -0.163. The molecule has 0 saturated heterocycles. The maximum Gasteiger partial charge on any atom is 0.335 e. The number of methoxy groups -OCH3 is 1. The van der Waals surface area contributed by atoms with Crippen molar-refractivity contribution in [3.63, 3.8) is 0 Å². The summed E-state index contributed by atoms with van der Waals surface area (Å²) in [6.07, 6.45) is 1.36. The maximum absolute atomic E-state index is 11.1. The van der Waals surface area contributed by atoms with E-state index in [2.05, 4.69) is 4.74 Å². The zero-order chi connectivity index (χ0) is 10.1. The molecule has 0 aromatic rings. The molecule has 0 amide bonds. The molecule has 78 valence electrons. The van der Waals surface area contributed by atoms with Crippen molar-refractivity contribution in [3.05, 3.63) is 0 Å². The molecule has 0 aliphatic carbocycles. The predicted molar refractivity (Wildman–Crippen MR) is 48.3 cm³/mol. The molecule has 1 atom stereocenters. The molecule has 0 bridgehead atoms. The van der Waals surface area contributed by atoms with E-state index in [1.807, 2.05) is 6.92 Å². The van der Waals surface area contributed by atoms with Gasteiger partial charge in [-0.05, 0) is 13.3 Å². The first kappa shape index (κ1) is 12.4. The minimum absolute atomic E-state index is 0.115. The lowest BCUT2D eigenvalue weighted by Crippen LogP contribution is -2.24. The van der Waals surface area contributed by atoms with Gasteiger partial charge in [0.25, 0.3) is 0 Å². The molecule has 0 N–H and O–H groups in total. The Labute approximate surface area is 79.2 Å². The van der Waals surface area contributed by atoms with Crippen molar-refractivity contribution >= 4 is 5.97 Å². The van der Waals surface area contributed by atoms with Gasteiger partial charge in [0.05, 0.1) is 6.61 Å². The SMILES string of the molecule is CCCCOC(=O)C(C)OCOC. The monoisotopic (exact) mass is 190 g/mol. The highest BCUT2D eigenvalue weighted by atomic mass is 16.7. The summed E-state index contributed by atoms with van der Waals surface area (Å²) >= 11 is 0. The molecular weight excluding hydrogens is 172 g/mol. The summed E-state index contributed by atoms with van der Waals surface area (Å²) in [7, 11) is 1.51. The highest BCUT2D eigenvalue weighted by Crippen LogP contribution is 1.96. The molecule has 0 aromatic heterocycles. The first-order valence-corrected chi connectivity index (χ1v) is 4.49. The largest absolute Gasteiger partial charge is 0.464 e. The van der Waals surface area contributed by atoms with E-state index in [-0.39, 0.29) is 12.8 Å². The van der Waals surface area contributed by atoms with Crippen LogP contribution >= 0.6 is 0 Å². The van der Waals surface area contributed by atoms with Gasteiger partial charge in [-0.25, -0.2) is 4.79 Å². The summed E-state index contributed by atoms with van der Waals surface area (Å²) < 4.78 is 14.6. The van der Waals surface area contributed by atoms with E-state index in [9.17, 15) is 4.79 Å². The molecule has 4 heteroatoms.